The van der Waals surface area contributed by atoms with Crippen molar-refractivity contribution in [1.29, 1.82) is 0 Å². The van der Waals surface area contributed by atoms with Crippen LogP contribution < -0.4 is 0 Å². The van der Waals surface area contributed by atoms with Gasteiger partial charge < -0.3 is 4.74 Å². The van der Waals surface area contributed by atoms with Gasteiger partial charge in [-0.3, -0.25) is 4.79 Å². The smallest absolute Gasteiger partial charge is 0.305 e. The molecule has 120 valence electrons. The van der Waals surface area contributed by atoms with Crippen molar-refractivity contribution in [3.05, 3.63) is 0 Å². The minimum Gasteiger partial charge on any atom is -0.466 e. The molecular formula is C18H36O2. The van der Waals surface area contributed by atoms with Crippen LogP contribution in [0.1, 0.15) is 91.9 Å². The summed E-state index contributed by atoms with van der Waals surface area (Å²) in [7, 11) is 0. The van der Waals surface area contributed by atoms with Crippen molar-refractivity contribution in [2.24, 2.45) is 11.8 Å². The Kier molecular flexibility index (Phi) is 13.1. The van der Waals surface area contributed by atoms with Gasteiger partial charge in [-0.15, -0.1) is 0 Å². The van der Waals surface area contributed by atoms with Gasteiger partial charge in [0.2, 0.25) is 0 Å². The van der Waals surface area contributed by atoms with Crippen molar-refractivity contribution in [2.45, 2.75) is 91.9 Å². The van der Waals surface area contributed by atoms with E-state index in [0.717, 1.165) is 31.1 Å². The van der Waals surface area contributed by atoms with Crippen molar-refractivity contribution >= 4 is 5.97 Å². The second kappa shape index (κ2) is 13.5. The maximum absolute atomic E-state index is 11.5. The standard InChI is InChI=1S/C18H36O2/c1-5-7-9-10-14-18(19)20-15-11-13-17(16(3)4)12-8-6-2/h16-17H,5-15H2,1-4H3. The molecule has 0 aromatic rings. The predicted molar refractivity (Wildman–Crippen MR) is 86.8 cm³/mol. The molecule has 2 heteroatoms. The van der Waals surface area contributed by atoms with E-state index in [4.69, 9.17) is 4.74 Å². The van der Waals surface area contributed by atoms with E-state index in [2.05, 4.69) is 27.7 Å². The van der Waals surface area contributed by atoms with Crippen LogP contribution in [0.15, 0.2) is 0 Å². The lowest BCUT2D eigenvalue weighted by atomic mass is 9.87. The van der Waals surface area contributed by atoms with Crippen molar-refractivity contribution in [2.75, 3.05) is 6.61 Å². The third-order valence-corrected chi connectivity index (χ3v) is 4.09. The average molecular weight is 284 g/mol. The van der Waals surface area contributed by atoms with E-state index < -0.39 is 0 Å². The van der Waals surface area contributed by atoms with Crippen LogP contribution in [0, 0.1) is 11.8 Å². The summed E-state index contributed by atoms with van der Waals surface area (Å²) in [4.78, 5) is 11.5. The zero-order valence-corrected chi connectivity index (χ0v) is 14.2. The van der Waals surface area contributed by atoms with Crippen molar-refractivity contribution in [3.8, 4) is 0 Å². The predicted octanol–water partition coefficient (Wildman–Crippen LogP) is 5.74. The first-order valence-corrected chi connectivity index (χ1v) is 8.77. The molecule has 0 spiro atoms. The number of rotatable bonds is 13. The number of ether oxygens (including phenoxy) is 1. The van der Waals surface area contributed by atoms with E-state index in [-0.39, 0.29) is 5.97 Å². The molecule has 20 heavy (non-hydrogen) atoms. The fourth-order valence-corrected chi connectivity index (χ4v) is 2.58. The highest BCUT2D eigenvalue weighted by Gasteiger charge is 2.12. The summed E-state index contributed by atoms with van der Waals surface area (Å²) in [6.07, 6.45) is 11.3. The molecule has 0 aliphatic carbocycles. The van der Waals surface area contributed by atoms with Gasteiger partial charge in [-0.05, 0) is 31.1 Å². The second-order valence-electron chi connectivity index (χ2n) is 6.32. The Labute approximate surface area is 126 Å². The van der Waals surface area contributed by atoms with Crippen molar-refractivity contribution in [1.82, 2.24) is 0 Å². The molecule has 1 unspecified atom stereocenters. The summed E-state index contributed by atoms with van der Waals surface area (Å²) in [6, 6.07) is 0. The molecule has 0 N–H and O–H groups in total. The van der Waals surface area contributed by atoms with E-state index in [1.807, 2.05) is 0 Å². The van der Waals surface area contributed by atoms with Gasteiger partial charge in [-0.1, -0.05) is 66.2 Å². The van der Waals surface area contributed by atoms with E-state index in [1.54, 1.807) is 0 Å². The number of hydrogen-bond acceptors (Lipinski definition) is 2. The first-order valence-electron chi connectivity index (χ1n) is 8.77. The number of esters is 1. The van der Waals surface area contributed by atoms with Gasteiger partial charge in [-0.2, -0.15) is 0 Å². The lowest BCUT2D eigenvalue weighted by molar-refractivity contribution is -0.144. The molecule has 0 radical (unpaired) electrons. The van der Waals surface area contributed by atoms with E-state index in [0.29, 0.717) is 13.0 Å². The highest BCUT2D eigenvalue weighted by atomic mass is 16.5. The molecular weight excluding hydrogens is 248 g/mol. The van der Waals surface area contributed by atoms with Gasteiger partial charge >= 0.3 is 5.97 Å². The monoisotopic (exact) mass is 284 g/mol. The SMILES string of the molecule is CCCCCCC(=O)OCCCC(CCCC)C(C)C. The Morgan fingerprint density at radius 1 is 0.900 bits per heavy atom. The third-order valence-electron chi connectivity index (χ3n) is 4.09. The Hall–Kier alpha value is -0.530. The Bertz CT molecular complexity index is 223. The first kappa shape index (κ1) is 19.5. The van der Waals surface area contributed by atoms with E-state index >= 15 is 0 Å². The van der Waals surface area contributed by atoms with Crippen LogP contribution in [0.3, 0.4) is 0 Å². The summed E-state index contributed by atoms with van der Waals surface area (Å²) in [5, 5.41) is 0. The third kappa shape index (κ3) is 11.3. The molecule has 2 nitrogen and oxygen atoms in total. The van der Waals surface area contributed by atoms with Gasteiger partial charge in [0.25, 0.3) is 0 Å². The number of hydrogen-bond donors (Lipinski definition) is 0. The maximum Gasteiger partial charge on any atom is 0.305 e. The van der Waals surface area contributed by atoms with Crippen molar-refractivity contribution in [3.63, 3.8) is 0 Å². The van der Waals surface area contributed by atoms with Crippen LogP contribution in [0.25, 0.3) is 0 Å². The van der Waals surface area contributed by atoms with Gasteiger partial charge in [0, 0.05) is 6.42 Å². The number of unbranched alkanes of at least 4 members (excludes halogenated alkanes) is 4. The summed E-state index contributed by atoms with van der Waals surface area (Å²) >= 11 is 0. The minimum absolute atomic E-state index is 0.00393. The fourth-order valence-electron chi connectivity index (χ4n) is 2.58. The average Bonchev–Trinajstić information content (AvgIpc) is 2.42. The summed E-state index contributed by atoms with van der Waals surface area (Å²) in [6.45, 7) is 9.65. The molecule has 0 aliphatic heterocycles. The minimum atomic E-state index is -0.00393. The maximum atomic E-state index is 11.5. The molecule has 0 heterocycles. The Morgan fingerprint density at radius 3 is 2.15 bits per heavy atom. The molecule has 0 fully saturated rings. The summed E-state index contributed by atoms with van der Waals surface area (Å²) < 4.78 is 5.32. The molecule has 0 aromatic carbocycles. The Morgan fingerprint density at radius 2 is 1.55 bits per heavy atom. The topological polar surface area (TPSA) is 26.3 Å². The van der Waals surface area contributed by atoms with Crippen LogP contribution in [-0.4, -0.2) is 12.6 Å². The van der Waals surface area contributed by atoms with Gasteiger partial charge in [-0.25, -0.2) is 0 Å². The number of carbonyl (C=O) groups is 1. The van der Waals surface area contributed by atoms with Crippen LogP contribution in [0.4, 0.5) is 0 Å². The summed E-state index contributed by atoms with van der Waals surface area (Å²) in [5.74, 6) is 1.53. The summed E-state index contributed by atoms with van der Waals surface area (Å²) in [5.41, 5.74) is 0. The zero-order chi connectivity index (χ0) is 15.2. The normalized spacial score (nSPS) is 12.7. The Balaban J connectivity index is 3.58. The van der Waals surface area contributed by atoms with Crippen LogP contribution in [0.5, 0.6) is 0 Å². The molecule has 0 rings (SSSR count). The fraction of sp³-hybridized carbons (Fsp3) is 0.944. The number of carbonyl (C=O) groups excluding carboxylic acids is 1. The molecule has 0 saturated heterocycles. The molecule has 0 saturated carbocycles. The van der Waals surface area contributed by atoms with Crippen LogP contribution in [-0.2, 0) is 9.53 Å². The largest absolute Gasteiger partial charge is 0.466 e. The van der Waals surface area contributed by atoms with Gasteiger partial charge in [0.05, 0.1) is 6.61 Å². The molecule has 0 amide bonds. The zero-order valence-electron chi connectivity index (χ0n) is 14.2. The highest BCUT2D eigenvalue weighted by molar-refractivity contribution is 5.69. The van der Waals surface area contributed by atoms with E-state index in [9.17, 15) is 4.79 Å². The van der Waals surface area contributed by atoms with Crippen LogP contribution >= 0.6 is 0 Å². The second-order valence-corrected chi connectivity index (χ2v) is 6.32. The quantitative estimate of drug-likeness (QED) is 0.318. The lowest BCUT2D eigenvalue weighted by Crippen LogP contribution is -2.11. The molecule has 0 aromatic heterocycles. The molecule has 0 aliphatic rings. The molecule has 0 bridgehead atoms. The lowest BCUT2D eigenvalue weighted by Gasteiger charge is -2.20. The van der Waals surface area contributed by atoms with Gasteiger partial charge in [0.15, 0.2) is 0 Å². The highest BCUT2D eigenvalue weighted by Crippen LogP contribution is 2.23. The van der Waals surface area contributed by atoms with Crippen LogP contribution in [0.2, 0.25) is 0 Å². The van der Waals surface area contributed by atoms with Gasteiger partial charge in [0.1, 0.15) is 0 Å². The molecule has 1 atom stereocenters. The first-order chi connectivity index (χ1) is 9.61. The van der Waals surface area contributed by atoms with Crippen molar-refractivity contribution < 1.29 is 9.53 Å². The van der Waals surface area contributed by atoms with E-state index in [1.165, 1.54) is 38.5 Å².